The fourth-order valence-corrected chi connectivity index (χ4v) is 6.70. The molecule has 9 rings (SSSR count). The summed E-state index contributed by atoms with van der Waals surface area (Å²) >= 11 is 0. The van der Waals surface area contributed by atoms with E-state index in [-0.39, 0.29) is 0 Å². The highest BCUT2D eigenvalue weighted by Gasteiger charge is 2.16. The molecule has 0 amide bonds. The summed E-state index contributed by atoms with van der Waals surface area (Å²) in [6, 6.07) is 41.6. The van der Waals surface area contributed by atoms with Gasteiger partial charge in [0.15, 0.2) is 0 Å². The van der Waals surface area contributed by atoms with E-state index < -0.39 is 0 Å². The average Bonchev–Trinajstić information content (AvgIpc) is 3.07. The van der Waals surface area contributed by atoms with Gasteiger partial charge in [-0.25, -0.2) is 0 Å². The van der Waals surface area contributed by atoms with Crippen molar-refractivity contribution in [1.29, 1.82) is 0 Å². The minimum atomic E-state index is 0.933. The fourth-order valence-electron chi connectivity index (χ4n) is 6.70. The Kier molecular flexibility index (Phi) is 4.90. The normalized spacial score (nSPS) is 11.8. The largest absolute Gasteiger partial charge is 0.264 e. The van der Waals surface area contributed by atoms with Crippen LogP contribution in [-0.4, -0.2) is 15.0 Å². The summed E-state index contributed by atoms with van der Waals surface area (Å²) in [7, 11) is 0. The van der Waals surface area contributed by atoms with Gasteiger partial charge in [0.2, 0.25) is 0 Å². The third kappa shape index (κ3) is 3.37. The smallest absolute Gasteiger partial charge is 0.0970 e. The zero-order chi connectivity index (χ0) is 27.6. The SMILES string of the molecule is c1cncc(-c2ccc3ccc4c(-c5cccc(-c6cc7cccnc7c7ncccc67)c5)ccc5ccc2c3c54)c1. The molecule has 0 aliphatic carbocycles. The van der Waals surface area contributed by atoms with E-state index in [9.17, 15) is 0 Å². The first-order valence-corrected chi connectivity index (χ1v) is 14.2. The van der Waals surface area contributed by atoms with Gasteiger partial charge in [0.25, 0.3) is 0 Å². The van der Waals surface area contributed by atoms with Crippen molar-refractivity contribution in [2.75, 3.05) is 0 Å². The van der Waals surface area contributed by atoms with E-state index in [2.05, 4.69) is 107 Å². The number of hydrogen-bond acceptors (Lipinski definition) is 3. The molecule has 3 aromatic heterocycles. The van der Waals surface area contributed by atoms with E-state index in [1.807, 2.05) is 43.0 Å². The van der Waals surface area contributed by atoms with Crippen LogP contribution in [0, 0.1) is 0 Å². The minimum absolute atomic E-state index is 0.933. The lowest BCUT2D eigenvalue weighted by Gasteiger charge is -2.17. The molecule has 3 nitrogen and oxygen atoms in total. The van der Waals surface area contributed by atoms with Crippen LogP contribution in [0.15, 0.2) is 140 Å². The molecule has 0 unspecified atom stereocenters. The van der Waals surface area contributed by atoms with Crippen LogP contribution >= 0.6 is 0 Å². The Balaban J connectivity index is 1.28. The van der Waals surface area contributed by atoms with Crippen LogP contribution in [-0.2, 0) is 0 Å². The minimum Gasteiger partial charge on any atom is -0.264 e. The summed E-state index contributed by atoms with van der Waals surface area (Å²) in [4.78, 5) is 13.8. The molecular weight excluding hydrogens is 510 g/mol. The molecule has 42 heavy (non-hydrogen) atoms. The molecule has 3 heteroatoms. The number of nitrogens with zero attached hydrogens (tertiary/aromatic N) is 3. The molecule has 0 atom stereocenters. The molecule has 0 spiro atoms. The second kappa shape index (κ2) is 8.92. The first kappa shape index (κ1) is 23.1. The van der Waals surface area contributed by atoms with E-state index in [1.54, 1.807) is 0 Å². The standard InChI is InChI=1S/C39H23N3/c1-5-26(21-27(6-1)35-22-28-7-3-19-41-38(28)39-34(35)9-4-20-42-39)30-14-10-24-13-17-33-31(29-8-2-18-40-23-29)15-11-25-12-16-32(30)36(24)37(25)33/h1-23H. The van der Waals surface area contributed by atoms with Crippen molar-refractivity contribution < 1.29 is 0 Å². The highest BCUT2D eigenvalue weighted by Crippen LogP contribution is 2.43. The Bertz CT molecular complexity index is 2460. The summed E-state index contributed by atoms with van der Waals surface area (Å²) in [5, 5.41) is 9.85. The van der Waals surface area contributed by atoms with E-state index in [0.717, 1.165) is 27.4 Å². The van der Waals surface area contributed by atoms with Crippen LogP contribution in [0.1, 0.15) is 0 Å². The molecule has 0 N–H and O–H groups in total. The molecule has 0 saturated carbocycles. The van der Waals surface area contributed by atoms with Crippen molar-refractivity contribution in [2.45, 2.75) is 0 Å². The van der Waals surface area contributed by atoms with E-state index >= 15 is 0 Å². The third-order valence-corrected chi connectivity index (χ3v) is 8.58. The van der Waals surface area contributed by atoms with Crippen molar-refractivity contribution in [2.24, 2.45) is 0 Å². The van der Waals surface area contributed by atoms with Crippen molar-refractivity contribution in [3.8, 4) is 33.4 Å². The molecule has 0 aliphatic rings. The summed E-state index contributed by atoms with van der Waals surface area (Å²) in [5.41, 5.74) is 8.98. The number of fused-ring (bicyclic) bond motifs is 3. The predicted octanol–water partition coefficient (Wildman–Crippen LogP) is 10.1. The third-order valence-electron chi connectivity index (χ3n) is 8.58. The Morgan fingerprint density at radius 2 is 1.00 bits per heavy atom. The Morgan fingerprint density at radius 1 is 0.381 bits per heavy atom. The topological polar surface area (TPSA) is 38.7 Å². The van der Waals surface area contributed by atoms with Crippen LogP contribution < -0.4 is 0 Å². The molecular formula is C39H23N3. The molecule has 0 aliphatic heterocycles. The van der Waals surface area contributed by atoms with Crippen LogP contribution in [0.2, 0.25) is 0 Å². The van der Waals surface area contributed by atoms with Gasteiger partial charge in [-0.1, -0.05) is 84.9 Å². The van der Waals surface area contributed by atoms with Crippen molar-refractivity contribution in [3.63, 3.8) is 0 Å². The van der Waals surface area contributed by atoms with E-state index in [0.29, 0.717) is 0 Å². The van der Waals surface area contributed by atoms with Gasteiger partial charge in [-0.3, -0.25) is 15.0 Å². The summed E-state index contributed by atoms with van der Waals surface area (Å²) in [6.45, 7) is 0. The van der Waals surface area contributed by atoms with Gasteiger partial charge < -0.3 is 0 Å². The zero-order valence-electron chi connectivity index (χ0n) is 22.6. The number of benzene rings is 6. The molecule has 9 aromatic rings. The first-order valence-electron chi connectivity index (χ1n) is 14.2. The molecule has 3 heterocycles. The molecule has 194 valence electrons. The maximum absolute atomic E-state index is 4.73. The van der Waals surface area contributed by atoms with Crippen molar-refractivity contribution in [3.05, 3.63) is 140 Å². The van der Waals surface area contributed by atoms with Gasteiger partial charge in [0.05, 0.1) is 11.0 Å². The molecule has 0 fully saturated rings. The number of rotatable bonds is 3. The number of aromatic nitrogens is 3. The predicted molar refractivity (Wildman–Crippen MR) is 175 cm³/mol. The first-order chi connectivity index (χ1) is 20.8. The molecule has 0 saturated heterocycles. The van der Waals surface area contributed by atoms with Gasteiger partial charge in [-0.15, -0.1) is 0 Å². The van der Waals surface area contributed by atoms with Crippen LogP contribution in [0.4, 0.5) is 0 Å². The van der Waals surface area contributed by atoms with Crippen LogP contribution in [0.3, 0.4) is 0 Å². The average molecular weight is 534 g/mol. The highest BCUT2D eigenvalue weighted by molar-refractivity contribution is 6.27. The Labute approximate surface area is 242 Å². The Morgan fingerprint density at radius 3 is 1.74 bits per heavy atom. The van der Waals surface area contributed by atoms with Gasteiger partial charge >= 0.3 is 0 Å². The second-order valence-electron chi connectivity index (χ2n) is 10.9. The zero-order valence-corrected chi connectivity index (χ0v) is 22.6. The van der Waals surface area contributed by atoms with Gasteiger partial charge in [-0.05, 0) is 90.5 Å². The van der Waals surface area contributed by atoms with Gasteiger partial charge in [0.1, 0.15) is 0 Å². The summed E-state index contributed by atoms with van der Waals surface area (Å²) in [5.74, 6) is 0. The number of hydrogen-bond donors (Lipinski definition) is 0. The molecule has 0 radical (unpaired) electrons. The van der Waals surface area contributed by atoms with Crippen molar-refractivity contribution >= 4 is 54.1 Å². The fraction of sp³-hybridized carbons (Fsp3) is 0. The lowest BCUT2D eigenvalue weighted by molar-refractivity contribution is 1.33. The van der Waals surface area contributed by atoms with Gasteiger partial charge in [0, 0.05) is 41.1 Å². The monoisotopic (exact) mass is 533 g/mol. The number of pyridine rings is 3. The van der Waals surface area contributed by atoms with E-state index in [4.69, 9.17) is 4.98 Å². The van der Waals surface area contributed by atoms with Crippen molar-refractivity contribution in [1.82, 2.24) is 15.0 Å². The Hall–Kier alpha value is -5.67. The van der Waals surface area contributed by atoms with Gasteiger partial charge in [-0.2, -0.15) is 0 Å². The quantitative estimate of drug-likeness (QED) is 0.212. The summed E-state index contributed by atoms with van der Waals surface area (Å²) < 4.78 is 0. The molecule has 0 bridgehead atoms. The second-order valence-corrected chi connectivity index (χ2v) is 10.9. The highest BCUT2D eigenvalue weighted by atomic mass is 14.7. The molecule has 6 aromatic carbocycles. The van der Waals surface area contributed by atoms with Crippen LogP contribution in [0.5, 0.6) is 0 Å². The lowest BCUT2D eigenvalue weighted by atomic mass is 9.87. The van der Waals surface area contributed by atoms with E-state index in [1.165, 1.54) is 60.1 Å². The van der Waals surface area contributed by atoms with Crippen LogP contribution in [0.25, 0.3) is 87.5 Å². The maximum Gasteiger partial charge on any atom is 0.0970 e. The maximum atomic E-state index is 4.73. The summed E-state index contributed by atoms with van der Waals surface area (Å²) in [6.07, 6.45) is 7.46. The lowest BCUT2D eigenvalue weighted by Crippen LogP contribution is -1.91.